The molecule has 0 spiro atoms. The van der Waals surface area contributed by atoms with E-state index in [1.807, 2.05) is 4.68 Å². The molecule has 1 atom stereocenters. The SMILES string of the molecule is CCNC(Cc1cc(C)cc(C)c1)c1c(Cl)cnn1CC. The Labute approximate surface area is 132 Å². The van der Waals surface area contributed by atoms with Gasteiger partial charge in [0.15, 0.2) is 0 Å². The Hall–Kier alpha value is -1.32. The molecule has 0 amide bonds. The van der Waals surface area contributed by atoms with Crippen LogP contribution in [-0.4, -0.2) is 16.3 Å². The van der Waals surface area contributed by atoms with E-state index < -0.39 is 0 Å². The second kappa shape index (κ2) is 7.10. The first-order valence-corrected chi connectivity index (χ1v) is 7.94. The summed E-state index contributed by atoms with van der Waals surface area (Å²) in [5.74, 6) is 0. The molecular weight excluding hydrogens is 282 g/mol. The monoisotopic (exact) mass is 305 g/mol. The molecule has 1 N–H and O–H groups in total. The lowest BCUT2D eigenvalue weighted by atomic mass is 9.99. The zero-order chi connectivity index (χ0) is 15.4. The molecule has 1 heterocycles. The molecule has 1 unspecified atom stereocenters. The van der Waals surface area contributed by atoms with Crippen LogP contribution in [0.1, 0.15) is 42.3 Å². The van der Waals surface area contributed by atoms with Crippen molar-refractivity contribution in [2.24, 2.45) is 0 Å². The predicted molar refractivity (Wildman–Crippen MR) is 88.9 cm³/mol. The molecule has 0 aliphatic carbocycles. The Bertz CT molecular complexity index is 584. The molecule has 0 saturated heterocycles. The molecule has 21 heavy (non-hydrogen) atoms. The largest absolute Gasteiger partial charge is 0.309 e. The van der Waals surface area contributed by atoms with Gasteiger partial charge in [-0.25, -0.2) is 0 Å². The molecular formula is C17H24ClN3. The van der Waals surface area contributed by atoms with Gasteiger partial charge in [0.2, 0.25) is 0 Å². The standard InChI is InChI=1S/C17H24ClN3/c1-5-19-16(17-15(18)11-20-21(17)6-2)10-14-8-12(3)7-13(4)9-14/h7-9,11,16,19H,5-6,10H2,1-4H3. The first-order chi connectivity index (χ1) is 10.0. The van der Waals surface area contributed by atoms with Gasteiger partial charge >= 0.3 is 0 Å². The third kappa shape index (κ3) is 3.86. The minimum Gasteiger partial charge on any atom is -0.309 e. The number of benzene rings is 1. The maximum atomic E-state index is 6.36. The lowest BCUT2D eigenvalue weighted by Crippen LogP contribution is -2.26. The summed E-state index contributed by atoms with van der Waals surface area (Å²) in [5.41, 5.74) is 5.02. The summed E-state index contributed by atoms with van der Waals surface area (Å²) in [6.45, 7) is 10.2. The van der Waals surface area contributed by atoms with Crippen molar-refractivity contribution in [3.63, 3.8) is 0 Å². The van der Waals surface area contributed by atoms with E-state index in [0.29, 0.717) is 0 Å². The van der Waals surface area contributed by atoms with Gasteiger partial charge in [0.05, 0.1) is 23.0 Å². The molecule has 2 rings (SSSR count). The van der Waals surface area contributed by atoms with Gasteiger partial charge in [-0.3, -0.25) is 4.68 Å². The second-order valence-corrected chi connectivity index (χ2v) is 5.91. The van der Waals surface area contributed by atoms with Crippen LogP contribution in [0.2, 0.25) is 5.02 Å². The Kier molecular flexibility index (Phi) is 5.43. The Morgan fingerprint density at radius 2 is 1.86 bits per heavy atom. The van der Waals surface area contributed by atoms with E-state index >= 15 is 0 Å². The first-order valence-electron chi connectivity index (χ1n) is 7.56. The fourth-order valence-corrected chi connectivity index (χ4v) is 3.18. The quantitative estimate of drug-likeness (QED) is 0.872. The van der Waals surface area contributed by atoms with Crippen molar-refractivity contribution in [1.29, 1.82) is 0 Å². The van der Waals surface area contributed by atoms with Crippen molar-refractivity contribution in [2.45, 2.75) is 46.7 Å². The molecule has 0 fully saturated rings. The van der Waals surface area contributed by atoms with Crippen molar-refractivity contribution < 1.29 is 0 Å². The van der Waals surface area contributed by atoms with Gasteiger partial charge in [-0.1, -0.05) is 47.9 Å². The van der Waals surface area contributed by atoms with E-state index in [-0.39, 0.29) is 6.04 Å². The van der Waals surface area contributed by atoms with Crippen molar-refractivity contribution >= 4 is 11.6 Å². The Morgan fingerprint density at radius 3 is 2.43 bits per heavy atom. The van der Waals surface area contributed by atoms with Gasteiger partial charge in [-0.15, -0.1) is 0 Å². The van der Waals surface area contributed by atoms with Crippen molar-refractivity contribution in [2.75, 3.05) is 6.54 Å². The molecule has 114 valence electrons. The van der Waals surface area contributed by atoms with Gasteiger partial charge in [-0.2, -0.15) is 5.10 Å². The van der Waals surface area contributed by atoms with Crippen LogP contribution in [0.4, 0.5) is 0 Å². The van der Waals surface area contributed by atoms with Crippen LogP contribution in [0.15, 0.2) is 24.4 Å². The zero-order valence-electron chi connectivity index (χ0n) is 13.3. The minimum absolute atomic E-state index is 0.186. The van der Waals surface area contributed by atoms with Crippen LogP contribution in [0.25, 0.3) is 0 Å². The molecule has 0 aliphatic heterocycles. The number of likely N-dealkylation sites (N-methyl/N-ethyl adjacent to an activating group) is 1. The molecule has 0 saturated carbocycles. The smallest absolute Gasteiger partial charge is 0.0834 e. The lowest BCUT2D eigenvalue weighted by Gasteiger charge is -2.20. The van der Waals surface area contributed by atoms with Gasteiger partial charge < -0.3 is 5.32 Å². The summed E-state index contributed by atoms with van der Waals surface area (Å²) in [6, 6.07) is 6.89. The Balaban J connectivity index is 2.32. The third-order valence-corrected chi connectivity index (χ3v) is 3.93. The summed E-state index contributed by atoms with van der Waals surface area (Å²) >= 11 is 6.36. The normalized spacial score (nSPS) is 12.6. The lowest BCUT2D eigenvalue weighted by molar-refractivity contribution is 0.490. The molecule has 3 nitrogen and oxygen atoms in total. The van der Waals surface area contributed by atoms with E-state index in [1.165, 1.54) is 16.7 Å². The van der Waals surface area contributed by atoms with Crippen LogP contribution >= 0.6 is 11.6 Å². The maximum absolute atomic E-state index is 6.36. The summed E-state index contributed by atoms with van der Waals surface area (Å²) < 4.78 is 1.98. The van der Waals surface area contributed by atoms with Gasteiger partial charge in [0, 0.05) is 6.54 Å². The van der Waals surface area contributed by atoms with E-state index in [0.717, 1.165) is 30.2 Å². The molecule has 1 aromatic heterocycles. The number of hydrogen-bond donors (Lipinski definition) is 1. The van der Waals surface area contributed by atoms with E-state index in [9.17, 15) is 0 Å². The third-order valence-electron chi connectivity index (χ3n) is 3.63. The number of aryl methyl sites for hydroxylation is 3. The van der Waals surface area contributed by atoms with Gasteiger partial charge in [0.1, 0.15) is 0 Å². The van der Waals surface area contributed by atoms with Crippen molar-refractivity contribution in [3.8, 4) is 0 Å². The average Bonchev–Trinajstić information content (AvgIpc) is 2.78. The number of hydrogen-bond acceptors (Lipinski definition) is 2. The van der Waals surface area contributed by atoms with Crippen LogP contribution in [0.3, 0.4) is 0 Å². The summed E-state index contributed by atoms with van der Waals surface area (Å²) in [5, 5.41) is 8.64. The van der Waals surface area contributed by atoms with Crippen LogP contribution < -0.4 is 5.32 Å². The Morgan fingerprint density at radius 1 is 1.19 bits per heavy atom. The van der Waals surface area contributed by atoms with Crippen molar-refractivity contribution in [1.82, 2.24) is 15.1 Å². The van der Waals surface area contributed by atoms with E-state index in [2.05, 4.69) is 56.3 Å². The highest BCUT2D eigenvalue weighted by molar-refractivity contribution is 6.31. The highest BCUT2D eigenvalue weighted by atomic mass is 35.5. The van der Waals surface area contributed by atoms with Gasteiger partial charge in [0.25, 0.3) is 0 Å². The fourth-order valence-electron chi connectivity index (χ4n) is 2.90. The number of halogens is 1. The number of nitrogens with one attached hydrogen (secondary N) is 1. The van der Waals surface area contributed by atoms with Crippen LogP contribution in [0.5, 0.6) is 0 Å². The fraction of sp³-hybridized carbons (Fsp3) is 0.471. The second-order valence-electron chi connectivity index (χ2n) is 5.50. The number of aromatic nitrogens is 2. The van der Waals surface area contributed by atoms with E-state index in [4.69, 9.17) is 11.6 Å². The molecule has 4 heteroatoms. The summed E-state index contributed by atoms with van der Waals surface area (Å²) in [7, 11) is 0. The van der Waals surface area contributed by atoms with Crippen LogP contribution in [0, 0.1) is 13.8 Å². The highest BCUT2D eigenvalue weighted by Crippen LogP contribution is 2.26. The maximum Gasteiger partial charge on any atom is 0.0834 e. The minimum atomic E-state index is 0.186. The van der Waals surface area contributed by atoms with E-state index in [1.54, 1.807) is 6.20 Å². The molecule has 0 radical (unpaired) electrons. The summed E-state index contributed by atoms with van der Waals surface area (Å²) in [4.78, 5) is 0. The molecule has 0 bridgehead atoms. The zero-order valence-corrected chi connectivity index (χ0v) is 14.0. The topological polar surface area (TPSA) is 29.9 Å². The molecule has 1 aromatic carbocycles. The van der Waals surface area contributed by atoms with Crippen LogP contribution in [-0.2, 0) is 13.0 Å². The highest BCUT2D eigenvalue weighted by Gasteiger charge is 2.19. The number of nitrogens with zero attached hydrogens (tertiary/aromatic N) is 2. The first kappa shape index (κ1) is 16.1. The van der Waals surface area contributed by atoms with Gasteiger partial charge in [-0.05, 0) is 39.3 Å². The number of rotatable bonds is 6. The average molecular weight is 306 g/mol. The summed E-state index contributed by atoms with van der Waals surface area (Å²) in [6.07, 6.45) is 2.66. The predicted octanol–water partition coefficient (Wildman–Crippen LogP) is 4.07. The molecule has 0 aliphatic rings. The van der Waals surface area contributed by atoms with Crippen molar-refractivity contribution in [3.05, 3.63) is 51.8 Å². The molecule has 2 aromatic rings.